The topological polar surface area (TPSA) is 105 Å². The van der Waals surface area contributed by atoms with E-state index in [2.05, 4.69) is 42.4 Å². The summed E-state index contributed by atoms with van der Waals surface area (Å²) in [6.45, 7) is 3.68. The van der Waals surface area contributed by atoms with Gasteiger partial charge >= 0.3 is 0 Å². The second-order valence-electron chi connectivity index (χ2n) is 7.09. The molecule has 0 fully saturated rings. The Hall–Kier alpha value is -2.87. The van der Waals surface area contributed by atoms with E-state index in [9.17, 15) is 0 Å². The maximum atomic E-state index is 6.07. The number of aryl methyl sites for hydroxylation is 1. The van der Waals surface area contributed by atoms with Crippen molar-refractivity contribution >= 4 is 49.5 Å². The molecule has 8 heteroatoms. The van der Waals surface area contributed by atoms with Crippen LogP contribution in [0.3, 0.4) is 0 Å². The first-order valence-electron chi connectivity index (χ1n) is 9.59. The summed E-state index contributed by atoms with van der Waals surface area (Å²) >= 11 is 3.41. The summed E-state index contributed by atoms with van der Waals surface area (Å²) in [6, 6.07) is 9.84. The molecular weight excluding hydrogens is 432 g/mol. The second kappa shape index (κ2) is 8.24. The van der Waals surface area contributed by atoms with E-state index in [4.69, 9.17) is 16.2 Å². The Bertz CT molecular complexity index is 1160. The van der Waals surface area contributed by atoms with E-state index in [0.29, 0.717) is 24.2 Å². The molecule has 1 unspecified atom stereocenters. The van der Waals surface area contributed by atoms with Crippen LogP contribution in [-0.2, 0) is 6.54 Å². The van der Waals surface area contributed by atoms with Gasteiger partial charge in [0.05, 0.1) is 22.0 Å². The number of hydrogen-bond donors (Lipinski definition) is 2. The lowest BCUT2D eigenvalue weighted by molar-refractivity contribution is 0.231. The Morgan fingerprint density at radius 1 is 1.14 bits per heavy atom. The van der Waals surface area contributed by atoms with Gasteiger partial charge in [0.25, 0.3) is 0 Å². The summed E-state index contributed by atoms with van der Waals surface area (Å²) in [5.41, 5.74) is 13.5. The molecule has 3 aromatic heterocycles. The van der Waals surface area contributed by atoms with Crippen molar-refractivity contribution < 1.29 is 4.74 Å². The van der Waals surface area contributed by atoms with Gasteiger partial charge in [-0.25, -0.2) is 15.0 Å². The van der Waals surface area contributed by atoms with E-state index >= 15 is 0 Å². The molecule has 0 spiro atoms. The van der Waals surface area contributed by atoms with Crippen LogP contribution in [0, 0.1) is 5.92 Å². The van der Waals surface area contributed by atoms with E-state index in [1.54, 1.807) is 0 Å². The number of nitrogens with two attached hydrogens (primary N) is 2. The zero-order valence-corrected chi connectivity index (χ0v) is 17.8. The first kappa shape index (κ1) is 19.4. The molecular formula is C21H23BrN6O. The van der Waals surface area contributed by atoms with Crippen LogP contribution in [0.15, 0.2) is 47.3 Å². The summed E-state index contributed by atoms with van der Waals surface area (Å²) in [6.07, 6.45) is 5.53. The monoisotopic (exact) mass is 454 g/mol. The van der Waals surface area contributed by atoms with Crippen molar-refractivity contribution in [3.8, 4) is 5.75 Å². The number of rotatable bonds is 7. The quantitative estimate of drug-likeness (QED) is 0.428. The highest BCUT2D eigenvalue weighted by Crippen LogP contribution is 2.26. The fourth-order valence-corrected chi connectivity index (χ4v) is 3.71. The van der Waals surface area contributed by atoms with Crippen LogP contribution in [-0.4, -0.2) is 26.1 Å². The number of anilines is 2. The van der Waals surface area contributed by atoms with E-state index in [0.717, 1.165) is 51.5 Å². The Kier molecular flexibility index (Phi) is 5.53. The summed E-state index contributed by atoms with van der Waals surface area (Å²) in [5, 5.41) is 1.91. The first-order chi connectivity index (χ1) is 14.0. The van der Waals surface area contributed by atoms with Gasteiger partial charge in [0.15, 0.2) is 0 Å². The number of hydrogen-bond acceptors (Lipinski definition) is 6. The zero-order chi connectivity index (χ0) is 20.4. The number of aromatic nitrogens is 4. The SMILES string of the molecule is CCC(CCn1ccc2c(N)ncnc21)COc1ccc2cc(Br)c(N)nc2c1. The molecule has 3 heterocycles. The smallest absolute Gasteiger partial charge is 0.145 e. The summed E-state index contributed by atoms with van der Waals surface area (Å²) in [7, 11) is 0. The van der Waals surface area contributed by atoms with Crippen molar-refractivity contribution in [3.05, 3.63) is 47.3 Å². The number of nitrogens with zero attached hydrogens (tertiary/aromatic N) is 4. The number of ether oxygens (including phenoxy) is 1. The molecule has 1 aromatic carbocycles. The van der Waals surface area contributed by atoms with Crippen LogP contribution >= 0.6 is 15.9 Å². The van der Waals surface area contributed by atoms with Crippen LogP contribution in [0.2, 0.25) is 0 Å². The molecule has 0 saturated heterocycles. The van der Waals surface area contributed by atoms with Crippen molar-refractivity contribution in [2.75, 3.05) is 18.1 Å². The van der Waals surface area contributed by atoms with Gasteiger partial charge in [-0.2, -0.15) is 0 Å². The fourth-order valence-electron chi connectivity index (χ4n) is 3.37. The third-order valence-corrected chi connectivity index (χ3v) is 5.83. The molecule has 29 heavy (non-hydrogen) atoms. The average molecular weight is 455 g/mol. The van der Waals surface area contributed by atoms with Crippen molar-refractivity contribution in [1.29, 1.82) is 0 Å². The summed E-state index contributed by atoms with van der Waals surface area (Å²) in [4.78, 5) is 12.8. The molecule has 150 valence electrons. The number of nitrogen functional groups attached to an aromatic ring is 2. The molecule has 0 aliphatic rings. The number of halogens is 1. The van der Waals surface area contributed by atoms with Gasteiger partial charge in [-0.1, -0.05) is 6.92 Å². The Morgan fingerprint density at radius 2 is 2.00 bits per heavy atom. The molecule has 0 aliphatic carbocycles. The zero-order valence-electron chi connectivity index (χ0n) is 16.2. The largest absolute Gasteiger partial charge is 0.493 e. The van der Waals surface area contributed by atoms with Crippen LogP contribution in [0.25, 0.3) is 21.9 Å². The van der Waals surface area contributed by atoms with Gasteiger partial charge in [0.2, 0.25) is 0 Å². The molecule has 0 aliphatic heterocycles. The molecule has 4 aromatic rings. The average Bonchev–Trinajstić information content (AvgIpc) is 3.13. The van der Waals surface area contributed by atoms with Crippen LogP contribution in [0.1, 0.15) is 19.8 Å². The number of benzene rings is 1. The van der Waals surface area contributed by atoms with E-state index in [1.807, 2.05) is 36.5 Å². The van der Waals surface area contributed by atoms with Gasteiger partial charge in [-0.15, -0.1) is 0 Å². The van der Waals surface area contributed by atoms with Crippen molar-refractivity contribution in [1.82, 2.24) is 19.5 Å². The highest BCUT2D eigenvalue weighted by molar-refractivity contribution is 9.10. The summed E-state index contributed by atoms with van der Waals surface area (Å²) < 4.78 is 8.99. The molecule has 0 radical (unpaired) electrons. The predicted octanol–water partition coefficient (Wildman–Crippen LogP) is 4.40. The standard InChI is InChI=1S/C21H23BrN6O/c1-2-13(5-7-28-8-6-16-19(23)25-12-26-21(16)28)11-29-15-4-3-14-9-17(22)20(24)27-18(14)10-15/h3-4,6,8-10,12-13H,2,5,7,11H2,1H3,(H2,24,27)(H2,23,25,26). The maximum absolute atomic E-state index is 6.07. The molecule has 0 amide bonds. The minimum Gasteiger partial charge on any atom is -0.493 e. The van der Waals surface area contributed by atoms with Gasteiger partial charge in [0, 0.05) is 24.2 Å². The Labute approximate surface area is 177 Å². The highest BCUT2D eigenvalue weighted by atomic mass is 79.9. The van der Waals surface area contributed by atoms with E-state index in [-0.39, 0.29) is 0 Å². The van der Waals surface area contributed by atoms with Crippen LogP contribution < -0.4 is 16.2 Å². The molecule has 4 rings (SSSR count). The Morgan fingerprint density at radius 3 is 2.83 bits per heavy atom. The third-order valence-electron chi connectivity index (χ3n) is 5.20. The highest BCUT2D eigenvalue weighted by Gasteiger charge is 2.11. The second-order valence-corrected chi connectivity index (χ2v) is 7.94. The Balaban J connectivity index is 1.41. The third kappa shape index (κ3) is 4.12. The number of fused-ring (bicyclic) bond motifs is 2. The van der Waals surface area contributed by atoms with Gasteiger partial charge < -0.3 is 20.8 Å². The number of pyridine rings is 1. The fraction of sp³-hybridized carbons (Fsp3) is 0.286. The molecule has 4 N–H and O–H groups in total. The molecule has 7 nitrogen and oxygen atoms in total. The van der Waals surface area contributed by atoms with Gasteiger partial charge in [0.1, 0.15) is 29.4 Å². The maximum Gasteiger partial charge on any atom is 0.145 e. The van der Waals surface area contributed by atoms with Gasteiger partial charge in [-0.05, 0) is 59.0 Å². The molecule has 0 saturated carbocycles. The van der Waals surface area contributed by atoms with E-state index in [1.165, 1.54) is 6.33 Å². The van der Waals surface area contributed by atoms with Gasteiger partial charge in [-0.3, -0.25) is 0 Å². The van der Waals surface area contributed by atoms with Crippen molar-refractivity contribution in [2.24, 2.45) is 5.92 Å². The van der Waals surface area contributed by atoms with E-state index < -0.39 is 0 Å². The normalized spacial score (nSPS) is 12.5. The van der Waals surface area contributed by atoms with Crippen molar-refractivity contribution in [3.63, 3.8) is 0 Å². The minimum atomic E-state index is 0.422. The van der Waals surface area contributed by atoms with Crippen molar-refractivity contribution in [2.45, 2.75) is 26.3 Å². The predicted molar refractivity (Wildman–Crippen MR) is 120 cm³/mol. The lowest BCUT2D eigenvalue weighted by atomic mass is 10.0. The molecule has 1 atom stereocenters. The molecule has 0 bridgehead atoms. The lowest BCUT2D eigenvalue weighted by Gasteiger charge is -2.17. The van der Waals surface area contributed by atoms with Crippen LogP contribution in [0.4, 0.5) is 11.6 Å². The lowest BCUT2D eigenvalue weighted by Crippen LogP contribution is -2.14. The summed E-state index contributed by atoms with van der Waals surface area (Å²) in [5.74, 6) is 2.22. The first-order valence-corrected chi connectivity index (χ1v) is 10.4. The minimum absolute atomic E-state index is 0.422. The van der Waals surface area contributed by atoms with Crippen LogP contribution in [0.5, 0.6) is 5.75 Å².